The molecular weight excluding hydrogens is 204 g/mol. The quantitative estimate of drug-likeness (QED) is 0.766. The lowest BCUT2D eigenvalue weighted by Gasteiger charge is -2.10. The molecular formula is C12H16N2O2. The molecule has 1 aliphatic heterocycles. The van der Waals surface area contributed by atoms with Gasteiger partial charge in [-0.15, -0.1) is 0 Å². The Bertz CT molecular complexity index is 404. The van der Waals surface area contributed by atoms with Crippen LogP contribution in [0.5, 0.6) is 5.75 Å². The summed E-state index contributed by atoms with van der Waals surface area (Å²) in [6.45, 7) is 0.750. The van der Waals surface area contributed by atoms with Gasteiger partial charge in [-0.3, -0.25) is 4.79 Å². The predicted octanol–water partition coefficient (Wildman–Crippen LogP) is 0.237. The lowest BCUT2D eigenvalue weighted by atomic mass is 10.0. The van der Waals surface area contributed by atoms with E-state index in [0.29, 0.717) is 6.42 Å². The van der Waals surface area contributed by atoms with E-state index in [1.165, 1.54) is 5.56 Å². The van der Waals surface area contributed by atoms with Crippen molar-refractivity contribution in [1.29, 1.82) is 0 Å². The number of amides is 1. The summed E-state index contributed by atoms with van der Waals surface area (Å²) in [5.41, 5.74) is 8.06. The van der Waals surface area contributed by atoms with Gasteiger partial charge in [0.2, 0.25) is 5.91 Å². The number of carbonyl (C=O) groups is 1. The minimum atomic E-state index is -0.481. The van der Waals surface area contributed by atoms with Gasteiger partial charge >= 0.3 is 0 Å². The van der Waals surface area contributed by atoms with Crippen LogP contribution in [0.2, 0.25) is 0 Å². The molecule has 4 nitrogen and oxygen atoms in total. The first-order valence-corrected chi connectivity index (χ1v) is 5.42. The second-order valence-electron chi connectivity index (χ2n) is 3.97. The number of hydrogen-bond donors (Lipinski definition) is 2. The molecule has 0 saturated carbocycles. The maximum Gasteiger partial charge on any atom is 0.237 e. The number of nitrogens with two attached hydrogens (primary N) is 1. The Kier molecular flexibility index (Phi) is 3.10. The van der Waals surface area contributed by atoms with E-state index in [9.17, 15) is 4.79 Å². The van der Waals surface area contributed by atoms with Crippen molar-refractivity contribution >= 4 is 5.91 Å². The molecule has 86 valence electrons. The summed E-state index contributed by atoms with van der Waals surface area (Å²) in [5, 5.41) is 2.55. The van der Waals surface area contributed by atoms with Crippen molar-refractivity contribution in [1.82, 2.24) is 5.32 Å². The summed E-state index contributed by atoms with van der Waals surface area (Å²) in [6.07, 6.45) is 1.51. The summed E-state index contributed by atoms with van der Waals surface area (Å²) in [6, 6.07) is 5.51. The topological polar surface area (TPSA) is 64.4 Å². The fraction of sp³-hybridized carbons (Fsp3) is 0.417. The van der Waals surface area contributed by atoms with E-state index in [0.717, 1.165) is 24.3 Å². The minimum absolute atomic E-state index is 0.128. The fourth-order valence-electron chi connectivity index (χ4n) is 1.90. The van der Waals surface area contributed by atoms with E-state index < -0.39 is 6.04 Å². The van der Waals surface area contributed by atoms with Crippen molar-refractivity contribution < 1.29 is 9.53 Å². The smallest absolute Gasteiger partial charge is 0.237 e. The van der Waals surface area contributed by atoms with Crippen molar-refractivity contribution in [3.8, 4) is 5.75 Å². The van der Waals surface area contributed by atoms with E-state index >= 15 is 0 Å². The number of fused-ring (bicyclic) bond motifs is 1. The number of likely N-dealkylation sites (N-methyl/N-ethyl adjacent to an activating group) is 1. The molecule has 1 atom stereocenters. The summed E-state index contributed by atoms with van der Waals surface area (Å²) < 4.78 is 5.42. The summed E-state index contributed by atoms with van der Waals surface area (Å²) >= 11 is 0. The van der Waals surface area contributed by atoms with Crippen LogP contribution >= 0.6 is 0 Å². The Morgan fingerprint density at radius 3 is 3.19 bits per heavy atom. The van der Waals surface area contributed by atoms with Crippen LogP contribution in [0, 0.1) is 0 Å². The highest BCUT2D eigenvalue weighted by molar-refractivity contribution is 5.81. The molecule has 0 bridgehead atoms. The molecule has 0 radical (unpaired) electrons. The second-order valence-corrected chi connectivity index (χ2v) is 3.97. The van der Waals surface area contributed by atoms with E-state index in [1.54, 1.807) is 7.05 Å². The molecule has 0 fully saturated rings. The monoisotopic (exact) mass is 220 g/mol. The minimum Gasteiger partial charge on any atom is -0.493 e. The first-order valence-electron chi connectivity index (χ1n) is 5.42. The zero-order valence-electron chi connectivity index (χ0n) is 9.32. The van der Waals surface area contributed by atoms with Crippen molar-refractivity contribution in [3.05, 3.63) is 29.3 Å². The molecule has 0 aromatic heterocycles. The zero-order valence-corrected chi connectivity index (χ0v) is 9.32. The van der Waals surface area contributed by atoms with Crippen molar-refractivity contribution in [2.45, 2.75) is 18.9 Å². The van der Waals surface area contributed by atoms with Crippen LogP contribution in [-0.4, -0.2) is 25.6 Å². The number of hydrogen-bond acceptors (Lipinski definition) is 3. The molecule has 1 heterocycles. The molecule has 1 aromatic rings. The van der Waals surface area contributed by atoms with Crippen molar-refractivity contribution in [2.75, 3.05) is 13.7 Å². The summed E-state index contributed by atoms with van der Waals surface area (Å²) in [7, 11) is 1.60. The number of nitrogens with one attached hydrogen (secondary N) is 1. The van der Waals surface area contributed by atoms with E-state index in [-0.39, 0.29) is 5.91 Å². The lowest BCUT2D eigenvalue weighted by Crippen LogP contribution is -2.40. The third kappa shape index (κ3) is 2.17. The van der Waals surface area contributed by atoms with Crippen LogP contribution in [0.4, 0.5) is 0 Å². The Balaban J connectivity index is 2.08. The van der Waals surface area contributed by atoms with E-state index in [4.69, 9.17) is 10.5 Å². The Morgan fingerprint density at radius 1 is 1.62 bits per heavy atom. The third-order valence-electron chi connectivity index (χ3n) is 2.79. The highest BCUT2D eigenvalue weighted by Gasteiger charge is 2.15. The van der Waals surface area contributed by atoms with Gasteiger partial charge in [0.15, 0.2) is 0 Å². The van der Waals surface area contributed by atoms with Crippen molar-refractivity contribution in [3.63, 3.8) is 0 Å². The van der Waals surface area contributed by atoms with Gasteiger partial charge in [0, 0.05) is 13.5 Å². The molecule has 1 aromatic carbocycles. The molecule has 1 amide bonds. The average Bonchev–Trinajstić information content (AvgIpc) is 2.75. The zero-order chi connectivity index (χ0) is 11.5. The van der Waals surface area contributed by atoms with Crippen LogP contribution in [0.1, 0.15) is 11.1 Å². The van der Waals surface area contributed by atoms with Crippen LogP contribution in [0.15, 0.2) is 18.2 Å². The van der Waals surface area contributed by atoms with Gasteiger partial charge in [-0.2, -0.15) is 0 Å². The van der Waals surface area contributed by atoms with Gasteiger partial charge in [-0.25, -0.2) is 0 Å². The van der Waals surface area contributed by atoms with Crippen LogP contribution in [0.3, 0.4) is 0 Å². The molecule has 0 spiro atoms. The number of rotatable bonds is 3. The maximum absolute atomic E-state index is 11.3. The number of carbonyl (C=O) groups excluding carboxylic acids is 1. The molecule has 3 N–H and O–H groups in total. The number of ether oxygens (including phenoxy) is 1. The van der Waals surface area contributed by atoms with Gasteiger partial charge in [0.25, 0.3) is 0 Å². The highest BCUT2D eigenvalue weighted by Crippen LogP contribution is 2.26. The SMILES string of the molecule is CNC(=O)C(N)Cc1ccc2c(c1)CCO2. The maximum atomic E-state index is 11.3. The van der Waals surface area contributed by atoms with Gasteiger partial charge < -0.3 is 15.8 Å². The van der Waals surface area contributed by atoms with Crippen LogP contribution in [-0.2, 0) is 17.6 Å². The summed E-state index contributed by atoms with van der Waals surface area (Å²) in [4.78, 5) is 11.3. The third-order valence-corrected chi connectivity index (χ3v) is 2.79. The standard InChI is InChI=1S/C12H16N2O2/c1-14-12(15)10(13)7-8-2-3-11-9(6-8)4-5-16-11/h2-3,6,10H,4-5,7,13H2,1H3,(H,14,15). The van der Waals surface area contributed by atoms with Crippen LogP contribution < -0.4 is 15.8 Å². The molecule has 4 heteroatoms. The number of benzene rings is 1. The lowest BCUT2D eigenvalue weighted by molar-refractivity contribution is -0.121. The molecule has 1 aliphatic rings. The Labute approximate surface area is 94.8 Å². The fourth-order valence-corrected chi connectivity index (χ4v) is 1.90. The Morgan fingerprint density at radius 2 is 2.44 bits per heavy atom. The van der Waals surface area contributed by atoms with E-state index in [2.05, 4.69) is 11.4 Å². The largest absolute Gasteiger partial charge is 0.493 e. The molecule has 0 aliphatic carbocycles. The average molecular weight is 220 g/mol. The molecule has 1 unspecified atom stereocenters. The predicted molar refractivity (Wildman–Crippen MR) is 61.4 cm³/mol. The van der Waals surface area contributed by atoms with Gasteiger partial charge in [-0.05, 0) is 23.6 Å². The van der Waals surface area contributed by atoms with Crippen molar-refractivity contribution in [2.24, 2.45) is 5.73 Å². The first-order chi connectivity index (χ1) is 7.70. The molecule has 16 heavy (non-hydrogen) atoms. The summed E-state index contributed by atoms with van der Waals surface area (Å²) in [5.74, 6) is 0.828. The van der Waals surface area contributed by atoms with Gasteiger partial charge in [-0.1, -0.05) is 12.1 Å². The highest BCUT2D eigenvalue weighted by atomic mass is 16.5. The Hall–Kier alpha value is -1.55. The van der Waals surface area contributed by atoms with Gasteiger partial charge in [0.1, 0.15) is 5.75 Å². The normalized spacial score (nSPS) is 15.1. The van der Waals surface area contributed by atoms with Gasteiger partial charge in [0.05, 0.1) is 12.6 Å². The van der Waals surface area contributed by atoms with E-state index in [1.807, 2.05) is 12.1 Å². The van der Waals surface area contributed by atoms with Crippen LogP contribution in [0.25, 0.3) is 0 Å². The first kappa shape index (κ1) is 11.0. The molecule has 0 saturated heterocycles. The second kappa shape index (κ2) is 4.53. The molecule has 2 rings (SSSR count).